The maximum Gasteiger partial charge on any atom is 0.419 e. The third-order valence-corrected chi connectivity index (χ3v) is 7.02. The van der Waals surface area contributed by atoms with E-state index in [4.69, 9.17) is 9.26 Å². The van der Waals surface area contributed by atoms with Crippen molar-refractivity contribution in [2.45, 2.75) is 64.3 Å². The fraction of sp³-hybridized carbons (Fsp3) is 0.542. The Morgan fingerprint density at radius 1 is 1.17 bits per heavy atom. The summed E-state index contributed by atoms with van der Waals surface area (Å²) in [7, 11) is 0. The Bertz CT molecular complexity index is 1160. The number of benzene rings is 1. The maximum absolute atomic E-state index is 14.8. The Morgan fingerprint density at radius 3 is 2.39 bits per heavy atom. The molecule has 1 aromatic heterocycles. The smallest absolute Gasteiger partial charge is 0.381 e. The second kappa shape index (κ2) is 9.79. The number of carbonyl (C=O) groups is 2. The molecule has 0 radical (unpaired) electrons. The van der Waals surface area contributed by atoms with Gasteiger partial charge >= 0.3 is 6.18 Å². The number of rotatable bonds is 6. The highest BCUT2D eigenvalue weighted by Gasteiger charge is 2.44. The van der Waals surface area contributed by atoms with Gasteiger partial charge in [-0.2, -0.15) is 13.2 Å². The number of carbonyl (C=O) groups excluding carboxylic acids is 2. The molecule has 0 saturated carbocycles. The van der Waals surface area contributed by atoms with Gasteiger partial charge in [0.05, 0.1) is 30.5 Å². The van der Waals surface area contributed by atoms with Crippen LogP contribution in [-0.4, -0.2) is 47.2 Å². The van der Waals surface area contributed by atoms with Crippen LogP contribution in [0, 0.1) is 31.4 Å². The van der Waals surface area contributed by atoms with Gasteiger partial charge in [0.1, 0.15) is 17.7 Å². The van der Waals surface area contributed by atoms with Crippen LogP contribution in [-0.2, 0) is 15.7 Å². The van der Waals surface area contributed by atoms with E-state index in [2.05, 4.69) is 10.5 Å². The number of likely N-dealkylation sites (tertiary alicyclic amines) is 1. The van der Waals surface area contributed by atoms with Gasteiger partial charge in [-0.3, -0.25) is 9.59 Å². The maximum atomic E-state index is 14.8. The summed E-state index contributed by atoms with van der Waals surface area (Å²) in [5, 5.41) is 6.46. The minimum Gasteiger partial charge on any atom is -0.381 e. The quantitative estimate of drug-likeness (QED) is 0.574. The predicted octanol–water partition coefficient (Wildman–Crippen LogP) is 4.48. The SMILES string of the molecule is CC[C@@H]1CC[C@H](C(=O)NC(c2cc(F)c(C(F)(F)F)cc2F)C2COC2)N1C(=O)c1onc(C)c1C. The Hall–Kier alpha value is -3.02. The van der Waals surface area contributed by atoms with Crippen LogP contribution in [0.5, 0.6) is 0 Å². The van der Waals surface area contributed by atoms with Gasteiger partial charge in [0, 0.05) is 23.1 Å². The minimum atomic E-state index is -5.07. The number of hydrogen-bond acceptors (Lipinski definition) is 5. The van der Waals surface area contributed by atoms with Gasteiger partial charge in [-0.05, 0) is 45.2 Å². The largest absolute Gasteiger partial charge is 0.419 e. The van der Waals surface area contributed by atoms with Crippen molar-refractivity contribution in [3.05, 3.63) is 51.9 Å². The van der Waals surface area contributed by atoms with Crippen molar-refractivity contribution in [3.8, 4) is 0 Å². The van der Waals surface area contributed by atoms with Crippen molar-refractivity contribution >= 4 is 11.8 Å². The van der Waals surface area contributed by atoms with Gasteiger partial charge < -0.3 is 19.5 Å². The molecule has 2 saturated heterocycles. The van der Waals surface area contributed by atoms with E-state index in [0.717, 1.165) is 0 Å². The van der Waals surface area contributed by atoms with Crippen LogP contribution < -0.4 is 5.32 Å². The zero-order chi connectivity index (χ0) is 26.4. The van der Waals surface area contributed by atoms with Crippen LogP contribution in [0.3, 0.4) is 0 Å². The number of halogens is 5. The standard InChI is InChI=1S/C24H26F5N3O4/c1-4-14-5-6-19(32(14)23(34)21-11(2)12(3)31-36-21)22(33)30-20(13-9-35-10-13)15-7-18(26)16(8-17(15)25)24(27,28)29/h7-8,13-14,19-20H,4-6,9-10H2,1-3H3,(H,30,33)/t14-,19-,20?/m1/s1. The van der Waals surface area contributed by atoms with Crippen LogP contribution in [0.15, 0.2) is 16.7 Å². The molecular weight excluding hydrogens is 489 g/mol. The molecule has 2 amide bonds. The number of hydrogen-bond donors (Lipinski definition) is 1. The first-order chi connectivity index (χ1) is 16.9. The average Bonchev–Trinajstić information content (AvgIpc) is 3.35. The summed E-state index contributed by atoms with van der Waals surface area (Å²) in [5.74, 6) is -4.52. The van der Waals surface area contributed by atoms with Gasteiger partial charge in [0.15, 0.2) is 0 Å². The topological polar surface area (TPSA) is 84.7 Å². The molecule has 2 fully saturated rings. The normalized spacial score (nSPS) is 21.4. The van der Waals surface area contributed by atoms with Crippen LogP contribution in [0.1, 0.15) is 65.2 Å². The molecule has 2 aliphatic heterocycles. The van der Waals surface area contributed by atoms with Crippen molar-refractivity contribution in [3.63, 3.8) is 0 Å². The lowest BCUT2D eigenvalue weighted by atomic mass is 9.90. The summed E-state index contributed by atoms with van der Waals surface area (Å²) < 4.78 is 78.5. The van der Waals surface area contributed by atoms with Crippen molar-refractivity contribution in [2.24, 2.45) is 5.92 Å². The molecule has 4 rings (SSSR count). The van der Waals surface area contributed by atoms with E-state index in [9.17, 15) is 31.5 Å². The minimum absolute atomic E-state index is 0.0189. The molecule has 0 spiro atoms. The van der Waals surface area contributed by atoms with Crippen LogP contribution in [0.4, 0.5) is 22.0 Å². The number of aromatic nitrogens is 1. The summed E-state index contributed by atoms with van der Waals surface area (Å²) in [4.78, 5) is 28.2. The van der Waals surface area contributed by atoms with E-state index < -0.39 is 58.8 Å². The van der Waals surface area contributed by atoms with E-state index in [-0.39, 0.29) is 31.1 Å². The van der Waals surface area contributed by atoms with Crippen molar-refractivity contribution in [1.82, 2.24) is 15.4 Å². The summed E-state index contributed by atoms with van der Waals surface area (Å²) in [6, 6.07) is -1.78. The van der Waals surface area contributed by atoms with E-state index in [1.807, 2.05) is 6.92 Å². The summed E-state index contributed by atoms with van der Waals surface area (Å²) in [6.45, 7) is 5.45. The third-order valence-electron chi connectivity index (χ3n) is 7.02. The molecule has 7 nitrogen and oxygen atoms in total. The molecule has 3 heterocycles. The molecule has 1 unspecified atom stereocenters. The summed E-state index contributed by atoms with van der Waals surface area (Å²) >= 11 is 0. The highest BCUT2D eigenvalue weighted by atomic mass is 19.4. The summed E-state index contributed by atoms with van der Waals surface area (Å²) in [6.07, 6.45) is -3.65. The van der Waals surface area contributed by atoms with Crippen molar-refractivity contribution in [2.75, 3.05) is 13.2 Å². The van der Waals surface area contributed by atoms with E-state index in [0.29, 0.717) is 36.6 Å². The number of ether oxygens (including phenoxy) is 1. The van der Waals surface area contributed by atoms with Gasteiger partial charge in [0.25, 0.3) is 5.91 Å². The van der Waals surface area contributed by atoms with Gasteiger partial charge in [-0.25, -0.2) is 8.78 Å². The predicted molar refractivity (Wildman–Crippen MR) is 116 cm³/mol. The van der Waals surface area contributed by atoms with Gasteiger partial charge in [-0.15, -0.1) is 0 Å². The number of amides is 2. The highest BCUT2D eigenvalue weighted by Crippen LogP contribution is 2.37. The van der Waals surface area contributed by atoms with E-state index >= 15 is 0 Å². The van der Waals surface area contributed by atoms with Gasteiger partial charge in [-0.1, -0.05) is 12.1 Å². The molecule has 3 atom stereocenters. The van der Waals surface area contributed by atoms with Crippen LogP contribution >= 0.6 is 0 Å². The lowest BCUT2D eigenvalue weighted by molar-refractivity contribution is -0.140. The Morgan fingerprint density at radius 2 is 1.86 bits per heavy atom. The molecule has 36 heavy (non-hydrogen) atoms. The Labute approximate surface area is 203 Å². The van der Waals surface area contributed by atoms with Crippen LogP contribution in [0.25, 0.3) is 0 Å². The Kier molecular flexibility index (Phi) is 7.09. The molecule has 1 N–H and O–H groups in total. The molecule has 12 heteroatoms. The first kappa shape index (κ1) is 26.1. The number of nitrogens with one attached hydrogen (secondary N) is 1. The Balaban J connectivity index is 1.63. The lowest BCUT2D eigenvalue weighted by Gasteiger charge is -2.36. The van der Waals surface area contributed by atoms with Crippen molar-refractivity contribution in [1.29, 1.82) is 0 Å². The fourth-order valence-corrected chi connectivity index (χ4v) is 4.74. The average molecular weight is 515 g/mol. The lowest BCUT2D eigenvalue weighted by Crippen LogP contribution is -2.52. The van der Waals surface area contributed by atoms with Gasteiger partial charge in [0.2, 0.25) is 11.7 Å². The zero-order valence-corrected chi connectivity index (χ0v) is 19.9. The molecule has 1 aromatic carbocycles. The van der Waals surface area contributed by atoms with Crippen molar-refractivity contribution < 1.29 is 40.8 Å². The monoisotopic (exact) mass is 515 g/mol. The second-order valence-corrected chi connectivity index (χ2v) is 9.22. The van der Waals surface area contributed by atoms with E-state index in [1.165, 1.54) is 4.90 Å². The first-order valence-electron chi connectivity index (χ1n) is 11.6. The molecule has 196 valence electrons. The number of aryl methyl sites for hydroxylation is 1. The zero-order valence-electron chi connectivity index (χ0n) is 19.9. The second-order valence-electron chi connectivity index (χ2n) is 9.22. The third kappa shape index (κ3) is 4.70. The molecular formula is C24H26F5N3O4. The van der Waals surface area contributed by atoms with Crippen LogP contribution in [0.2, 0.25) is 0 Å². The molecule has 0 aliphatic carbocycles. The number of alkyl halides is 3. The molecule has 0 bridgehead atoms. The summed E-state index contributed by atoms with van der Waals surface area (Å²) in [5.41, 5.74) is -1.05. The first-order valence-corrected chi connectivity index (χ1v) is 11.6. The van der Waals surface area contributed by atoms with E-state index in [1.54, 1.807) is 13.8 Å². The highest BCUT2D eigenvalue weighted by molar-refractivity contribution is 5.97. The molecule has 2 aromatic rings. The molecule has 2 aliphatic rings. The fourth-order valence-electron chi connectivity index (χ4n) is 4.74. The number of nitrogens with zero attached hydrogens (tertiary/aromatic N) is 2.